The number of hydrogen-bond donors (Lipinski definition) is 2. The monoisotopic (exact) mass is 616 g/mol. The van der Waals surface area contributed by atoms with Crippen LogP contribution in [0.3, 0.4) is 0 Å². The summed E-state index contributed by atoms with van der Waals surface area (Å²) in [4.78, 5) is 25.0. The number of ether oxygens (including phenoxy) is 3. The first-order chi connectivity index (χ1) is 21.3. The number of carbonyl (C=O) groups excluding carboxylic acids is 2. The van der Waals surface area contributed by atoms with Gasteiger partial charge < -0.3 is 19.5 Å². The Kier molecular flexibility index (Phi) is 10.9. The van der Waals surface area contributed by atoms with Crippen LogP contribution in [-0.4, -0.2) is 53.8 Å². The van der Waals surface area contributed by atoms with E-state index in [0.717, 1.165) is 9.87 Å². The maximum absolute atomic E-state index is 13.6. The molecule has 4 aromatic rings. The molecule has 0 spiro atoms. The largest absolute Gasteiger partial charge is 0.497 e. The van der Waals surface area contributed by atoms with Gasteiger partial charge in [-0.2, -0.15) is 5.10 Å². The van der Waals surface area contributed by atoms with E-state index in [1.165, 1.54) is 38.6 Å². The Morgan fingerprint density at radius 2 is 1.48 bits per heavy atom. The second-order valence-electron chi connectivity index (χ2n) is 9.28. The lowest BCUT2D eigenvalue weighted by Crippen LogP contribution is -2.39. The Balaban J connectivity index is 1.38. The number of anilines is 1. The predicted molar refractivity (Wildman–Crippen MR) is 166 cm³/mol. The maximum atomic E-state index is 13.6. The lowest BCUT2D eigenvalue weighted by Gasteiger charge is -2.25. The molecule has 0 atom stereocenters. The molecule has 4 rings (SSSR count). The number of hydrazone groups is 1. The van der Waals surface area contributed by atoms with E-state index in [1.54, 1.807) is 54.6 Å². The number of amides is 2. The molecule has 0 radical (unpaired) electrons. The van der Waals surface area contributed by atoms with Gasteiger partial charge in [0.25, 0.3) is 21.8 Å². The third-order valence-corrected chi connectivity index (χ3v) is 8.03. The van der Waals surface area contributed by atoms with Crippen molar-refractivity contribution in [1.82, 2.24) is 10.7 Å². The number of carbonyl (C=O) groups is 2. The highest BCUT2D eigenvalue weighted by Gasteiger charge is 2.29. The second-order valence-corrected chi connectivity index (χ2v) is 11.1. The van der Waals surface area contributed by atoms with Crippen molar-refractivity contribution in [3.05, 3.63) is 114 Å². The topological polar surface area (TPSA) is 136 Å². The molecule has 4 aromatic carbocycles. The molecule has 228 valence electrons. The van der Waals surface area contributed by atoms with Crippen LogP contribution in [0, 0.1) is 0 Å². The summed E-state index contributed by atoms with van der Waals surface area (Å²) < 4.78 is 44.4. The zero-order valence-electron chi connectivity index (χ0n) is 24.2. The molecular formula is C32H32N4O7S. The summed E-state index contributed by atoms with van der Waals surface area (Å²) in [6, 6.07) is 28.7. The number of nitrogens with one attached hydrogen (secondary N) is 2. The van der Waals surface area contributed by atoms with E-state index in [1.807, 2.05) is 30.3 Å². The zero-order chi connectivity index (χ0) is 31.4. The van der Waals surface area contributed by atoms with Crippen LogP contribution < -0.4 is 29.3 Å². The predicted octanol–water partition coefficient (Wildman–Crippen LogP) is 3.74. The smallest absolute Gasteiger partial charge is 0.264 e. The normalized spacial score (nSPS) is 11.0. The van der Waals surface area contributed by atoms with Crippen molar-refractivity contribution in [2.24, 2.45) is 5.10 Å². The summed E-state index contributed by atoms with van der Waals surface area (Å²) in [5, 5.41) is 6.76. The van der Waals surface area contributed by atoms with Gasteiger partial charge in [0.15, 0.2) is 6.61 Å². The summed E-state index contributed by atoms with van der Waals surface area (Å²) >= 11 is 0. The fourth-order valence-corrected chi connectivity index (χ4v) is 5.45. The average molecular weight is 617 g/mol. The molecule has 0 aliphatic carbocycles. The number of rotatable bonds is 14. The molecule has 2 N–H and O–H groups in total. The van der Waals surface area contributed by atoms with Gasteiger partial charge in [0.05, 0.1) is 31.0 Å². The van der Waals surface area contributed by atoms with Crippen molar-refractivity contribution in [2.75, 3.05) is 31.7 Å². The minimum atomic E-state index is -4.18. The molecule has 0 aliphatic rings. The number of sulfonamides is 1. The first kappa shape index (κ1) is 31.6. The van der Waals surface area contributed by atoms with Gasteiger partial charge in [-0.3, -0.25) is 13.9 Å². The standard InChI is InChI=1S/C32H32N4O7S/c1-41-27-17-18-30(42-2)29(19-27)36(44(39,40)28-11-7-4-8-12-28)22-31(37)35-34-21-25-13-15-26(16-14-25)43-23-32(38)33-20-24-9-5-3-6-10-24/h3-19,21H,20,22-23H2,1-2H3,(H,33,38)(H,35,37)/b34-21-. The first-order valence-corrected chi connectivity index (χ1v) is 14.9. The number of methoxy groups -OCH3 is 2. The van der Waals surface area contributed by atoms with E-state index < -0.39 is 22.5 Å². The van der Waals surface area contributed by atoms with Gasteiger partial charge >= 0.3 is 0 Å². The number of nitrogens with zero attached hydrogens (tertiary/aromatic N) is 2. The minimum Gasteiger partial charge on any atom is -0.497 e. The van der Waals surface area contributed by atoms with E-state index in [2.05, 4.69) is 15.8 Å². The van der Waals surface area contributed by atoms with Crippen LogP contribution in [0.15, 0.2) is 113 Å². The molecule has 12 heteroatoms. The van der Waals surface area contributed by atoms with Crippen LogP contribution in [-0.2, 0) is 26.2 Å². The molecule has 0 unspecified atom stereocenters. The van der Waals surface area contributed by atoms with Crippen LogP contribution in [0.25, 0.3) is 0 Å². The highest BCUT2D eigenvalue weighted by molar-refractivity contribution is 7.92. The van der Waals surface area contributed by atoms with Crippen LogP contribution in [0.4, 0.5) is 5.69 Å². The van der Waals surface area contributed by atoms with Crippen LogP contribution >= 0.6 is 0 Å². The van der Waals surface area contributed by atoms with E-state index >= 15 is 0 Å². The SMILES string of the molecule is COc1ccc(OC)c(N(CC(=O)N/N=C\c2ccc(OCC(=O)NCc3ccccc3)cc2)S(=O)(=O)c2ccccc2)c1. The van der Waals surface area contributed by atoms with Gasteiger partial charge in [0, 0.05) is 12.6 Å². The van der Waals surface area contributed by atoms with Gasteiger partial charge in [-0.15, -0.1) is 0 Å². The summed E-state index contributed by atoms with van der Waals surface area (Å²) in [6.45, 7) is -0.318. The molecule has 2 amide bonds. The van der Waals surface area contributed by atoms with Crippen molar-refractivity contribution >= 4 is 33.7 Å². The van der Waals surface area contributed by atoms with E-state index in [9.17, 15) is 18.0 Å². The van der Waals surface area contributed by atoms with Crippen LogP contribution in [0.1, 0.15) is 11.1 Å². The lowest BCUT2D eigenvalue weighted by molar-refractivity contribution is -0.123. The summed E-state index contributed by atoms with van der Waals surface area (Å²) in [5.41, 5.74) is 4.12. The highest BCUT2D eigenvalue weighted by atomic mass is 32.2. The van der Waals surface area contributed by atoms with Crippen molar-refractivity contribution in [3.63, 3.8) is 0 Å². The van der Waals surface area contributed by atoms with E-state index in [-0.39, 0.29) is 28.8 Å². The highest BCUT2D eigenvalue weighted by Crippen LogP contribution is 2.35. The summed E-state index contributed by atoms with van der Waals surface area (Å²) in [6.07, 6.45) is 1.40. The molecule has 0 saturated heterocycles. The number of hydrogen-bond acceptors (Lipinski definition) is 8. The van der Waals surface area contributed by atoms with E-state index in [4.69, 9.17) is 14.2 Å². The Hall–Kier alpha value is -5.36. The van der Waals surface area contributed by atoms with Gasteiger partial charge in [0.2, 0.25) is 0 Å². The summed E-state index contributed by atoms with van der Waals surface area (Å²) in [7, 11) is -1.32. The van der Waals surface area contributed by atoms with Crippen molar-refractivity contribution in [2.45, 2.75) is 11.4 Å². The van der Waals surface area contributed by atoms with Gasteiger partial charge in [-0.25, -0.2) is 13.8 Å². The fraction of sp³-hybridized carbons (Fsp3) is 0.156. The van der Waals surface area contributed by atoms with E-state index in [0.29, 0.717) is 23.6 Å². The Bertz CT molecular complexity index is 1680. The van der Waals surface area contributed by atoms with Gasteiger partial charge in [-0.05, 0) is 59.7 Å². The average Bonchev–Trinajstić information content (AvgIpc) is 3.06. The molecule has 11 nitrogen and oxygen atoms in total. The fourth-order valence-electron chi connectivity index (χ4n) is 4.00. The molecule has 0 fully saturated rings. The zero-order valence-corrected chi connectivity index (χ0v) is 25.0. The van der Waals surface area contributed by atoms with Gasteiger partial charge in [-0.1, -0.05) is 48.5 Å². The molecule has 0 bridgehead atoms. The van der Waals surface area contributed by atoms with Crippen molar-refractivity contribution in [1.29, 1.82) is 0 Å². The Morgan fingerprint density at radius 3 is 2.14 bits per heavy atom. The molecular weight excluding hydrogens is 584 g/mol. The Labute approximate surface area is 256 Å². The van der Waals surface area contributed by atoms with Gasteiger partial charge in [0.1, 0.15) is 23.8 Å². The van der Waals surface area contributed by atoms with Crippen LogP contribution in [0.2, 0.25) is 0 Å². The van der Waals surface area contributed by atoms with Crippen molar-refractivity contribution < 1.29 is 32.2 Å². The quantitative estimate of drug-likeness (QED) is 0.163. The minimum absolute atomic E-state index is 0.00263. The maximum Gasteiger partial charge on any atom is 0.264 e. The summed E-state index contributed by atoms with van der Waals surface area (Å²) in [5.74, 6) is 0.157. The third-order valence-electron chi connectivity index (χ3n) is 6.26. The third kappa shape index (κ3) is 8.58. The molecule has 0 heterocycles. The number of benzene rings is 4. The lowest BCUT2D eigenvalue weighted by atomic mass is 10.2. The molecule has 0 aromatic heterocycles. The first-order valence-electron chi connectivity index (χ1n) is 13.5. The van der Waals surface area contributed by atoms with Crippen LogP contribution in [0.5, 0.6) is 17.2 Å². The Morgan fingerprint density at radius 1 is 0.818 bits per heavy atom. The molecule has 0 aliphatic heterocycles. The van der Waals surface area contributed by atoms with Crippen molar-refractivity contribution in [3.8, 4) is 17.2 Å². The molecule has 0 saturated carbocycles. The second kappa shape index (κ2) is 15.2. The molecule has 44 heavy (non-hydrogen) atoms.